The van der Waals surface area contributed by atoms with Crippen LogP contribution in [-0.2, 0) is 6.42 Å². The third-order valence-electron chi connectivity index (χ3n) is 3.28. The predicted molar refractivity (Wildman–Crippen MR) is 98.0 cm³/mol. The minimum absolute atomic E-state index is 0. The number of nitrogens with two attached hydrogens (primary N) is 1. The van der Waals surface area contributed by atoms with E-state index in [1.807, 2.05) is 12.1 Å². The van der Waals surface area contributed by atoms with Gasteiger partial charge in [-0.3, -0.25) is 0 Å². The molecule has 0 radical (unpaired) electrons. The minimum atomic E-state index is 0. The Balaban J connectivity index is 0.00000200. The lowest BCUT2D eigenvalue weighted by Crippen LogP contribution is -2.26. The van der Waals surface area contributed by atoms with E-state index in [4.69, 9.17) is 17.3 Å². The molecule has 0 aliphatic rings. The van der Waals surface area contributed by atoms with Crippen molar-refractivity contribution in [1.82, 2.24) is 0 Å². The van der Waals surface area contributed by atoms with Gasteiger partial charge in [-0.1, -0.05) is 35.9 Å². The molecule has 4 heteroatoms. The monoisotopic (exact) mass is 421 g/mol. The van der Waals surface area contributed by atoms with Crippen LogP contribution in [0.3, 0.4) is 0 Å². The maximum atomic E-state index is 6.17. The summed E-state index contributed by atoms with van der Waals surface area (Å²) in [6, 6.07) is 16.7. The maximum Gasteiger partial charge on any atom is 0.0406 e. The molecule has 2 unspecified atom stereocenters. The Labute approximate surface area is 145 Å². The van der Waals surface area contributed by atoms with Crippen LogP contribution in [0.1, 0.15) is 24.0 Å². The minimum Gasteiger partial charge on any atom is -0.327 e. The van der Waals surface area contributed by atoms with Gasteiger partial charge in [0.05, 0.1) is 0 Å². The topological polar surface area (TPSA) is 26.0 Å². The Morgan fingerprint density at radius 1 is 1.15 bits per heavy atom. The standard InChI is InChI=1S/C16H17ClIN.ClH/c1-11(19)16(13-3-2-4-15(18)10-13)9-12-5-7-14(17)8-6-12;/h2-8,10-11,16H,9,19H2,1H3;1H. The Kier molecular flexibility index (Phi) is 7.30. The molecule has 0 fully saturated rings. The van der Waals surface area contributed by atoms with Gasteiger partial charge in [-0.25, -0.2) is 0 Å². The van der Waals surface area contributed by atoms with Crippen LogP contribution in [0.15, 0.2) is 48.5 Å². The van der Waals surface area contributed by atoms with E-state index in [2.05, 4.69) is 65.9 Å². The normalized spacial score (nSPS) is 13.4. The largest absolute Gasteiger partial charge is 0.327 e. The highest BCUT2D eigenvalue weighted by Gasteiger charge is 2.17. The lowest BCUT2D eigenvalue weighted by Gasteiger charge is -2.21. The molecule has 2 aromatic rings. The molecule has 20 heavy (non-hydrogen) atoms. The van der Waals surface area contributed by atoms with Gasteiger partial charge in [0.1, 0.15) is 0 Å². The van der Waals surface area contributed by atoms with Crippen LogP contribution >= 0.6 is 46.6 Å². The van der Waals surface area contributed by atoms with E-state index in [1.165, 1.54) is 14.7 Å². The smallest absolute Gasteiger partial charge is 0.0406 e. The zero-order chi connectivity index (χ0) is 13.8. The van der Waals surface area contributed by atoms with Crippen LogP contribution in [0.2, 0.25) is 5.02 Å². The van der Waals surface area contributed by atoms with Crippen LogP contribution in [0.25, 0.3) is 0 Å². The van der Waals surface area contributed by atoms with Crippen molar-refractivity contribution in [2.45, 2.75) is 25.3 Å². The van der Waals surface area contributed by atoms with E-state index in [9.17, 15) is 0 Å². The molecule has 2 atom stereocenters. The van der Waals surface area contributed by atoms with E-state index in [-0.39, 0.29) is 18.4 Å². The lowest BCUT2D eigenvalue weighted by molar-refractivity contribution is 0.565. The molecule has 1 nitrogen and oxygen atoms in total. The van der Waals surface area contributed by atoms with Gasteiger partial charge in [0.25, 0.3) is 0 Å². The summed E-state index contributed by atoms with van der Waals surface area (Å²) in [5, 5.41) is 0.773. The van der Waals surface area contributed by atoms with Gasteiger partial charge >= 0.3 is 0 Å². The molecule has 0 spiro atoms. The van der Waals surface area contributed by atoms with Crippen LogP contribution in [0.4, 0.5) is 0 Å². The summed E-state index contributed by atoms with van der Waals surface area (Å²) in [5.41, 5.74) is 8.74. The highest BCUT2D eigenvalue weighted by atomic mass is 127. The summed E-state index contributed by atoms with van der Waals surface area (Å²) >= 11 is 8.26. The summed E-state index contributed by atoms with van der Waals surface area (Å²) in [6.45, 7) is 2.07. The summed E-state index contributed by atoms with van der Waals surface area (Å²) in [5.74, 6) is 0.330. The summed E-state index contributed by atoms with van der Waals surface area (Å²) in [6.07, 6.45) is 0.939. The number of hydrogen-bond donors (Lipinski definition) is 1. The molecule has 2 N–H and O–H groups in total. The van der Waals surface area contributed by atoms with Crippen molar-refractivity contribution in [3.8, 4) is 0 Å². The van der Waals surface area contributed by atoms with Crippen molar-refractivity contribution < 1.29 is 0 Å². The second-order valence-corrected chi connectivity index (χ2v) is 6.53. The SMILES string of the molecule is CC(N)C(Cc1ccc(Cl)cc1)c1cccc(I)c1.Cl. The maximum absolute atomic E-state index is 6.17. The molecule has 0 heterocycles. The van der Waals surface area contributed by atoms with Crippen molar-refractivity contribution in [3.05, 3.63) is 68.3 Å². The van der Waals surface area contributed by atoms with Crippen LogP contribution in [0, 0.1) is 3.57 Å². The van der Waals surface area contributed by atoms with Gasteiger partial charge in [0.15, 0.2) is 0 Å². The van der Waals surface area contributed by atoms with Crippen molar-refractivity contribution in [1.29, 1.82) is 0 Å². The molecule has 0 saturated carbocycles. The summed E-state index contributed by atoms with van der Waals surface area (Å²) < 4.78 is 1.25. The lowest BCUT2D eigenvalue weighted by atomic mass is 9.87. The van der Waals surface area contributed by atoms with Crippen molar-refractivity contribution in [3.63, 3.8) is 0 Å². The first-order chi connectivity index (χ1) is 9.06. The molecular weight excluding hydrogens is 404 g/mol. The molecule has 0 saturated heterocycles. The van der Waals surface area contributed by atoms with Crippen LogP contribution < -0.4 is 5.73 Å². The fourth-order valence-electron chi connectivity index (χ4n) is 2.22. The third-order valence-corrected chi connectivity index (χ3v) is 4.20. The average molecular weight is 422 g/mol. The van der Waals surface area contributed by atoms with Crippen molar-refractivity contribution >= 4 is 46.6 Å². The quantitative estimate of drug-likeness (QED) is 0.687. The fourth-order valence-corrected chi connectivity index (χ4v) is 2.91. The fraction of sp³-hybridized carbons (Fsp3) is 0.250. The third kappa shape index (κ3) is 4.92. The van der Waals surface area contributed by atoms with Gasteiger partial charge in [-0.2, -0.15) is 0 Å². The van der Waals surface area contributed by atoms with E-state index >= 15 is 0 Å². The zero-order valence-corrected chi connectivity index (χ0v) is 15.0. The molecule has 2 rings (SSSR count). The Morgan fingerprint density at radius 3 is 2.35 bits per heavy atom. The first-order valence-corrected chi connectivity index (χ1v) is 7.77. The van der Waals surface area contributed by atoms with E-state index in [0.717, 1.165) is 11.4 Å². The molecule has 0 bridgehead atoms. The predicted octanol–water partition coefficient (Wildman–Crippen LogP) is 5.04. The molecule has 0 aromatic heterocycles. The van der Waals surface area contributed by atoms with Gasteiger partial charge < -0.3 is 5.73 Å². The van der Waals surface area contributed by atoms with Gasteiger partial charge in [-0.15, -0.1) is 12.4 Å². The Hall–Kier alpha value is -0.290. The van der Waals surface area contributed by atoms with Crippen molar-refractivity contribution in [2.75, 3.05) is 0 Å². The Bertz CT molecular complexity index is 540. The Morgan fingerprint density at radius 2 is 1.80 bits per heavy atom. The first kappa shape index (κ1) is 17.8. The van der Waals surface area contributed by atoms with Crippen LogP contribution in [-0.4, -0.2) is 6.04 Å². The van der Waals surface area contributed by atoms with E-state index in [0.29, 0.717) is 5.92 Å². The molecule has 108 valence electrons. The number of hydrogen-bond acceptors (Lipinski definition) is 1. The molecular formula is C16H18Cl2IN. The van der Waals surface area contributed by atoms with Gasteiger partial charge in [0, 0.05) is 20.6 Å². The summed E-state index contributed by atoms with van der Waals surface area (Å²) in [7, 11) is 0. The molecule has 0 aliphatic heterocycles. The van der Waals surface area contributed by atoms with Crippen molar-refractivity contribution in [2.24, 2.45) is 5.73 Å². The van der Waals surface area contributed by atoms with Crippen LogP contribution in [0.5, 0.6) is 0 Å². The average Bonchev–Trinajstić information content (AvgIpc) is 2.37. The number of benzene rings is 2. The molecule has 0 aliphatic carbocycles. The highest BCUT2D eigenvalue weighted by molar-refractivity contribution is 14.1. The van der Waals surface area contributed by atoms with E-state index < -0.39 is 0 Å². The first-order valence-electron chi connectivity index (χ1n) is 6.32. The zero-order valence-electron chi connectivity index (χ0n) is 11.2. The second kappa shape index (κ2) is 8.23. The van der Waals surface area contributed by atoms with Gasteiger partial charge in [0.2, 0.25) is 0 Å². The highest BCUT2D eigenvalue weighted by Crippen LogP contribution is 2.25. The number of halogens is 3. The molecule has 2 aromatic carbocycles. The van der Waals surface area contributed by atoms with E-state index in [1.54, 1.807) is 0 Å². The number of rotatable bonds is 4. The van der Waals surface area contributed by atoms with Gasteiger partial charge in [-0.05, 0) is 71.3 Å². The second-order valence-electron chi connectivity index (χ2n) is 4.85. The summed E-state index contributed by atoms with van der Waals surface area (Å²) in [4.78, 5) is 0. The molecule has 0 amide bonds.